The van der Waals surface area contributed by atoms with Gasteiger partial charge in [0.2, 0.25) is 0 Å². The smallest absolute Gasteiger partial charge is 0.266 e. The summed E-state index contributed by atoms with van der Waals surface area (Å²) in [5, 5.41) is 3.68. The van der Waals surface area contributed by atoms with Gasteiger partial charge in [-0.15, -0.1) is 0 Å². The first-order valence-corrected chi connectivity index (χ1v) is 10.7. The van der Waals surface area contributed by atoms with Crippen LogP contribution < -0.4 is 14.8 Å². The number of methoxy groups -OCH3 is 2. The van der Waals surface area contributed by atoms with Gasteiger partial charge in [-0.05, 0) is 13.0 Å². The predicted molar refractivity (Wildman–Crippen MR) is 120 cm³/mol. The van der Waals surface area contributed by atoms with Crippen LogP contribution in [0.5, 0.6) is 11.5 Å². The first kappa shape index (κ1) is 24.0. The highest BCUT2D eigenvalue weighted by Crippen LogP contribution is 2.37. The Morgan fingerprint density at radius 2 is 1.91 bits per heavy atom. The van der Waals surface area contributed by atoms with Crippen molar-refractivity contribution in [2.24, 2.45) is 5.41 Å². The second-order valence-corrected chi connectivity index (χ2v) is 8.33. The van der Waals surface area contributed by atoms with Gasteiger partial charge in [0.25, 0.3) is 6.43 Å². The van der Waals surface area contributed by atoms with E-state index >= 15 is 0 Å². The average molecular weight is 477 g/mol. The number of hydrogen-bond acceptors (Lipinski definition) is 7. The lowest BCUT2D eigenvalue weighted by Crippen LogP contribution is -2.50. The van der Waals surface area contributed by atoms with E-state index in [0.717, 1.165) is 6.07 Å². The number of aromatic nitrogens is 2. The van der Waals surface area contributed by atoms with Gasteiger partial charge < -0.3 is 24.3 Å². The lowest BCUT2D eigenvalue weighted by molar-refractivity contribution is -0.159. The molecule has 182 valence electrons. The van der Waals surface area contributed by atoms with Gasteiger partial charge in [-0.3, -0.25) is 0 Å². The fraction of sp³-hybridized carbons (Fsp3) is 0.417. The summed E-state index contributed by atoms with van der Waals surface area (Å²) >= 11 is 0. The van der Waals surface area contributed by atoms with Gasteiger partial charge in [0.05, 0.1) is 43.4 Å². The molecule has 0 radical (unpaired) electrons. The van der Waals surface area contributed by atoms with E-state index in [0.29, 0.717) is 60.5 Å². The zero-order valence-corrected chi connectivity index (χ0v) is 19.2. The molecule has 4 rings (SSSR count). The van der Waals surface area contributed by atoms with Crippen LogP contribution in [0.4, 0.5) is 19.0 Å². The Morgan fingerprint density at radius 3 is 2.56 bits per heavy atom. The number of aryl methyl sites for hydroxylation is 1. The lowest BCUT2D eigenvalue weighted by Gasteiger charge is -2.40. The number of nitrogens with one attached hydrogen (secondary N) is 1. The van der Waals surface area contributed by atoms with E-state index in [9.17, 15) is 13.2 Å². The van der Waals surface area contributed by atoms with Crippen LogP contribution in [0.2, 0.25) is 0 Å². The van der Waals surface area contributed by atoms with Crippen molar-refractivity contribution in [2.45, 2.75) is 19.9 Å². The summed E-state index contributed by atoms with van der Waals surface area (Å²) in [4.78, 5) is 8.90. The van der Waals surface area contributed by atoms with E-state index in [1.807, 2.05) is 0 Å². The van der Waals surface area contributed by atoms with Crippen molar-refractivity contribution < 1.29 is 32.1 Å². The molecule has 10 heteroatoms. The Bertz CT molecular complexity index is 1170. The van der Waals surface area contributed by atoms with Crippen molar-refractivity contribution in [3.05, 3.63) is 53.1 Å². The van der Waals surface area contributed by atoms with Crippen molar-refractivity contribution >= 4 is 16.7 Å². The lowest BCUT2D eigenvalue weighted by atomic mass is 9.88. The molecule has 2 heterocycles. The summed E-state index contributed by atoms with van der Waals surface area (Å²) in [6, 6.07) is 7.43. The largest absolute Gasteiger partial charge is 0.493 e. The van der Waals surface area contributed by atoms with Crippen LogP contribution in [0.1, 0.15) is 23.4 Å². The molecule has 0 bridgehead atoms. The molecule has 0 atom stereocenters. The molecule has 34 heavy (non-hydrogen) atoms. The van der Waals surface area contributed by atoms with Crippen LogP contribution in [-0.2, 0) is 16.0 Å². The molecule has 0 unspecified atom stereocenters. The number of hydrogen-bond donors (Lipinski definition) is 1. The fourth-order valence-electron chi connectivity index (χ4n) is 3.88. The molecule has 0 spiro atoms. The fourth-order valence-corrected chi connectivity index (χ4v) is 3.88. The minimum Gasteiger partial charge on any atom is -0.493 e. The molecule has 1 saturated heterocycles. The topological polar surface area (TPSA) is 74.7 Å². The SMILES string of the molecule is COCC1(COc2cc3c(NCc4cccc(C(F)F)c4F)nc(C)nc3cc2OC)COC1. The number of fused-ring (bicyclic) bond motifs is 1. The van der Waals surface area contributed by atoms with Gasteiger partial charge in [-0.25, -0.2) is 23.1 Å². The summed E-state index contributed by atoms with van der Waals surface area (Å²) in [6.45, 7) is 3.63. The summed E-state index contributed by atoms with van der Waals surface area (Å²) in [6.07, 6.45) is -2.89. The van der Waals surface area contributed by atoms with Gasteiger partial charge in [-0.1, -0.05) is 18.2 Å². The Balaban J connectivity index is 1.63. The van der Waals surface area contributed by atoms with E-state index < -0.39 is 17.8 Å². The molecule has 0 saturated carbocycles. The highest BCUT2D eigenvalue weighted by atomic mass is 19.3. The molecule has 1 N–H and O–H groups in total. The Kier molecular flexibility index (Phi) is 7.08. The van der Waals surface area contributed by atoms with Gasteiger partial charge in [0, 0.05) is 30.7 Å². The number of halogens is 3. The number of anilines is 1. The first-order chi connectivity index (χ1) is 16.4. The number of ether oxygens (including phenoxy) is 4. The molecule has 0 aliphatic carbocycles. The minimum atomic E-state index is -2.89. The molecule has 1 aliphatic heterocycles. The number of nitrogens with zero attached hydrogens (tertiary/aromatic N) is 2. The second-order valence-electron chi connectivity index (χ2n) is 8.33. The summed E-state index contributed by atoms with van der Waals surface area (Å²) in [5.74, 6) is 0.962. The maximum Gasteiger partial charge on any atom is 0.266 e. The zero-order valence-electron chi connectivity index (χ0n) is 19.2. The van der Waals surface area contributed by atoms with Crippen molar-refractivity contribution in [2.75, 3.05) is 46.0 Å². The maximum absolute atomic E-state index is 14.5. The molecule has 1 fully saturated rings. The zero-order chi connectivity index (χ0) is 24.3. The maximum atomic E-state index is 14.5. The Hall–Kier alpha value is -3.11. The van der Waals surface area contributed by atoms with Crippen LogP contribution in [0.15, 0.2) is 30.3 Å². The summed E-state index contributed by atoms with van der Waals surface area (Å²) in [5.41, 5.74) is -0.154. The van der Waals surface area contributed by atoms with E-state index in [4.69, 9.17) is 18.9 Å². The molecule has 3 aromatic rings. The molecular weight excluding hydrogens is 451 g/mol. The standard InChI is InChI=1S/C24H26F3N3O4/c1-14-29-18-8-19(32-3)20(34-13-24(10-31-2)11-33-12-24)7-17(18)23(30-14)28-9-15-5-4-6-16(21(15)25)22(26)27/h4-8,22H,9-13H2,1-3H3,(H,28,29,30). The third-order valence-electron chi connectivity index (χ3n) is 5.68. The number of alkyl halides is 2. The van der Waals surface area contributed by atoms with Crippen LogP contribution in [0.3, 0.4) is 0 Å². The van der Waals surface area contributed by atoms with Gasteiger partial charge in [0.1, 0.15) is 24.1 Å². The number of rotatable bonds is 10. The third kappa shape index (κ3) is 4.88. The average Bonchev–Trinajstić information content (AvgIpc) is 2.79. The quantitative estimate of drug-likeness (QED) is 0.455. The summed E-state index contributed by atoms with van der Waals surface area (Å²) in [7, 11) is 3.17. The first-order valence-electron chi connectivity index (χ1n) is 10.7. The van der Waals surface area contributed by atoms with Crippen molar-refractivity contribution in [3.63, 3.8) is 0 Å². The van der Waals surface area contributed by atoms with E-state index in [-0.39, 0.29) is 17.5 Å². The van der Waals surface area contributed by atoms with Crippen molar-refractivity contribution in [1.29, 1.82) is 0 Å². The van der Waals surface area contributed by atoms with Gasteiger partial charge >= 0.3 is 0 Å². The minimum absolute atomic E-state index is 0.0333. The van der Waals surface area contributed by atoms with E-state index in [1.54, 1.807) is 26.2 Å². The van der Waals surface area contributed by atoms with Crippen LogP contribution >= 0.6 is 0 Å². The molecule has 7 nitrogen and oxygen atoms in total. The molecule has 2 aromatic carbocycles. The van der Waals surface area contributed by atoms with Crippen LogP contribution in [0, 0.1) is 18.2 Å². The molecule has 1 aromatic heterocycles. The Labute approximate surface area is 195 Å². The monoisotopic (exact) mass is 477 g/mol. The van der Waals surface area contributed by atoms with Gasteiger partial charge in [-0.2, -0.15) is 0 Å². The number of benzene rings is 2. The molecule has 1 aliphatic rings. The summed E-state index contributed by atoms with van der Waals surface area (Å²) < 4.78 is 62.9. The van der Waals surface area contributed by atoms with Crippen LogP contribution in [0.25, 0.3) is 10.9 Å². The predicted octanol–water partition coefficient (Wildman–Crippen LogP) is 4.68. The third-order valence-corrected chi connectivity index (χ3v) is 5.68. The van der Waals surface area contributed by atoms with Crippen molar-refractivity contribution in [3.8, 4) is 11.5 Å². The van der Waals surface area contributed by atoms with Crippen molar-refractivity contribution in [1.82, 2.24) is 9.97 Å². The molecule has 0 amide bonds. The van der Waals surface area contributed by atoms with E-state index in [2.05, 4.69) is 15.3 Å². The highest BCUT2D eigenvalue weighted by molar-refractivity contribution is 5.91. The normalized spacial score (nSPS) is 14.8. The molecular formula is C24H26F3N3O4. The van der Waals surface area contributed by atoms with E-state index in [1.165, 1.54) is 19.2 Å². The second kappa shape index (κ2) is 10.0. The van der Waals surface area contributed by atoms with Gasteiger partial charge in [0.15, 0.2) is 11.5 Å². The highest BCUT2D eigenvalue weighted by Gasteiger charge is 2.40. The Morgan fingerprint density at radius 1 is 1.12 bits per heavy atom. The van der Waals surface area contributed by atoms with Crippen LogP contribution in [-0.4, -0.2) is 50.6 Å².